The molecule has 3 heterocycles. The SMILES string of the molecule is Cc1cccn2c(=O)c(C(=O)N3CCNCC3)cnc12.Cl. The van der Waals surface area contributed by atoms with E-state index in [1.165, 1.54) is 10.6 Å². The Morgan fingerprint density at radius 2 is 2.05 bits per heavy atom. The first kappa shape index (κ1) is 15.5. The van der Waals surface area contributed by atoms with E-state index in [1.807, 2.05) is 13.0 Å². The van der Waals surface area contributed by atoms with Crippen LogP contribution in [0.2, 0.25) is 0 Å². The van der Waals surface area contributed by atoms with E-state index >= 15 is 0 Å². The van der Waals surface area contributed by atoms with Gasteiger partial charge in [-0.1, -0.05) is 6.07 Å². The van der Waals surface area contributed by atoms with Crippen LogP contribution in [-0.4, -0.2) is 46.4 Å². The molecule has 3 rings (SSSR count). The average Bonchev–Trinajstić information content (AvgIpc) is 2.49. The Labute approximate surface area is 128 Å². The van der Waals surface area contributed by atoms with Crippen LogP contribution in [0.25, 0.3) is 5.65 Å². The fraction of sp³-hybridized carbons (Fsp3) is 0.357. The van der Waals surface area contributed by atoms with E-state index < -0.39 is 0 Å². The highest BCUT2D eigenvalue weighted by Gasteiger charge is 2.21. The lowest BCUT2D eigenvalue weighted by Gasteiger charge is -2.27. The van der Waals surface area contributed by atoms with Crippen molar-refractivity contribution in [3.8, 4) is 0 Å². The van der Waals surface area contributed by atoms with Crippen molar-refractivity contribution in [1.82, 2.24) is 19.6 Å². The second kappa shape index (κ2) is 6.24. The van der Waals surface area contributed by atoms with Gasteiger partial charge in [0, 0.05) is 38.6 Å². The Bertz CT molecular complexity index is 722. The number of aryl methyl sites for hydroxylation is 1. The van der Waals surface area contributed by atoms with Gasteiger partial charge in [0.2, 0.25) is 0 Å². The van der Waals surface area contributed by atoms with Crippen LogP contribution in [0.3, 0.4) is 0 Å². The van der Waals surface area contributed by atoms with Gasteiger partial charge in [-0.05, 0) is 18.6 Å². The highest BCUT2D eigenvalue weighted by molar-refractivity contribution is 5.93. The molecule has 0 aliphatic carbocycles. The zero-order valence-corrected chi connectivity index (χ0v) is 12.5. The summed E-state index contributed by atoms with van der Waals surface area (Å²) in [6, 6.07) is 3.67. The molecule has 112 valence electrons. The summed E-state index contributed by atoms with van der Waals surface area (Å²) in [5.41, 5.74) is 1.33. The van der Waals surface area contributed by atoms with E-state index in [0.29, 0.717) is 18.7 Å². The molecule has 1 N–H and O–H groups in total. The third-order valence-corrected chi connectivity index (χ3v) is 3.56. The molecule has 0 spiro atoms. The summed E-state index contributed by atoms with van der Waals surface area (Å²) in [5, 5.41) is 3.18. The quantitative estimate of drug-likeness (QED) is 0.832. The van der Waals surface area contributed by atoms with Gasteiger partial charge in [0.25, 0.3) is 11.5 Å². The summed E-state index contributed by atoms with van der Waals surface area (Å²) in [4.78, 5) is 30.8. The summed E-state index contributed by atoms with van der Waals surface area (Å²) in [6.45, 7) is 4.64. The van der Waals surface area contributed by atoms with Gasteiger partial charge in [-0.2, -0.15) is 0 Å². The molecule has 21 heavy (non-hydrogen) atoms. The first-order chi connectivity index (χ1) is 9.68. The van der Waals surface area contributed by atoms with E-state index in [0.717, 1.165) is 18.7 Å². The second-order valence-electron chi connectivity index (χ2n) is 4.90. The fourth-order valence-corrected chi connectivity index (χ4v) is 2.43. The van der Waals surface area contributed by atoms with Crippen molar-refractivity contribution in [2.24, 2.45) is 0 Å². The molecule has 0 aromatic carbocycles. The first-order valence-corrected chi connectivity index (χ1v) is 6.65. The summed E-state index contributed by atoms with van der Waals surface area (Å²) in [7, 11) is 0. The van der Waals surface area contributed by atoms with Gasteiger partial charge < -0.3 is 10.2 Å². The Morgan fingerprint density at radius 1 is 1.33 bits per heavy atom. The Kier molecular flexibility index (Phi) is 4.59. The van der Waals surface area contributed by atoms with Crippen molar-refractivity contribution in [3.63, 3.8) is 0 Å². The molecule has 6 nitrogen and oxygen atoms in total. The molecule has 0 radical (unpaired) electrons. The zero-order chi connectivity index (χ0) is 14.1. The molecule has 2 aromatic heterocycles. The number of nitrogens with zero attached hydrogens (tertiary/aromatic N) is 3. The number of hydrogen-bond acceptors (Lipinski definition) is 4. The van der Waals surface area contributed by atoms with E-state index in [9.17, 15) is 9.59 Å². The number of rotatable bonds is 1. The molecule has 1 fully saturated rings. The second-order valence-corrected chi connectivity index (χ2v) is 4.90. The van der Waals surface area contributed by atoms with Gasteiger partial charge in [-0.3, -0.25) is 14.0 Å². The molecule has 7 heteroatoms. The smallest absolute Gasteiger partial charge is 0.270 e. The number of pyridine rings is 1. The van der Waals surface area contributed by atoms with Gasteiger partial charge in [-0.25, -0.2) is 4.98 Å². The number of nitrogens with one attached hydrogen (secondary N) is 1. The number of aromatic nitrogens is 2. The van der Waals surface area contributed by atoms with Gasteiger partial charge in [0.1, 0.15) is 11.2 Å². The monoisotopic (exact) mass is 308 g/mol. The van der Waals surface area contributed by atoms with Crippen LogP contribution in [0.4, 0.5) is 0 Å². The molecule has 0 unspecified atom stereocenters. The molecule has 0 atom stereocenters. The maximum Gasteiger partial charge on any atom is 0.270 e. The molecule has 2 aromatic rings. The zero-order valence-electron chi connectivity index (χ0n) is 11.7. The van der Waals surface area contributed by atoms with Gasteiger partial charge in [0.05, 0.1) is 0 Å². The van der Waals surface area contributed by atoms with Crippen LogP contribution in [0.1, 0.15) is 15.9 Å². The number of piperazine rings is 1. The predicted octanol–water partition coefficient (Wildman–Crippen LogP) is 0.470. The Balaban J connectivity index is 0.00000161. The summed E-state index contributed by atoms with van der Waals surface area (Å²) in [5.74, 6) is -0.236. The maximum atomic E-state index is 12.4. The highest BCUT2D eigenvalue weighted by Crippen LogP contribution is 2.06. The number of hydrogen-bond donors (Lipinski definition) is 1. The largest absolute Gasteiger partial charge is 0.336 e. The van der Waals surface area contributed by atoms with Crippen LogP contribution in [0.15, 0.2) is 29.3 Å². The van der Waals surface area contributed by atoms with E-state index in [4.69, 9.17) is 0 Å². The molecule has 1 aliphatic heterocycles. The average molecular weight is 309 g/mol. The summed E-state index contributed by atoms with van der Waals surface area (Å²) in [6.07, 6.45) is 3.04. The van der Waals surface area contributed by atoms with E-state index in [-0.39, 0.29) is 29.4 Å². The minimum Gasteiger partial charge on any atom is -0.336 e. The van der Waals surface area contributed by atoms with Crippen molar-refractivity contribution in [2.45, 2.75) is 6.92 Å². The van der Waals surface area contributed by atoms with Crippen molar-refractivity contribution in [2.75, 3.05) is 26.2 Å². The third kappa shape index (κ3) is 2.77. The van der Waals surface area contributed by atoms with Crippen molar-refractivity contribution < 1.29 is 4.79 Å². The van der Waals surface area contributed by atoms with Crippen molar-refractivity contribution in [3.05, 3.63) is 46.0 Å². The number of carbonyl (C=O) groups excluding carboxylic acids is 1. The molecule has 1 aliphatic rings. The number of carbonyl (C=O) groups is 1. The van der Waals surface area contributed by atoms with Crippen LogP contribution < -0.4 is 10.9 Å². The van der Waals surface area contributed by atoms with E-state index in [1.54, 1.807) is 17.2 Å². The number of fused-ring (bicyclic) bond motifs is 1. The topological polar surface area (TPSA) is 66.7 Å². The maximum absolute atomic E-state index is 12.4. The lowest BCUT2D eigenvalue weighted by atomic mass is 10.2. The van der Waals surface area contributed by atoms with Crippen LogP contribution >= 0.6 is 12.4 Å². The molecular formula is C14H17ClN4O2. The van der Waals surface area contributed by atoms with Crippen molar-refractivity contribution >= 4 is 24.0 Å². The predicted molar refractivity (Wildman–Crippen MR) is 82.2 cm³/mol. The molecule has 1 amide bonds. The lowest BCUT2D eigenvalue weighted by Crippen LogP contribution is -2.47. The van der Waals surface area contributed by atoms with Gasteiger partial charge in [0.15, 0.2) is 0 Å². The molecular weight excluding hydrogens is 292 g/mol. The number of halogens is 1. The summed E-state index contributed by atoms with van der Waals surface area (Å²) < 4.78 is 1.44. The standard InChI is InChI=1S/C14H16N4O2.ClH/c1-10-3-2-6-18-12(10)16-9-11(14(18)20)13(19)17-7-4-15-5-8-17;/h2-3,6,9,15H,4-5,7-8H2,1H3;1H. The van der Waals surface area contributed by atoms with Crippen LogP contribution in [0, 0.1) is 6.92 Å². The summed E-state index contributed by atoms with van der Waals surface area (Å²) >= 11 is 0. The Morgan fingerprint density at radius 3 is 2.76 bits per heavy atom. The molecule has 0 saturated carbocycles. The minimum absolute atomic E-state index is 0. The van der Waals surface area contributed by atoms with Crippen LogP contribution in [0.5, 0.6) is 0 Å². The number of amides is 1. The Hall–Kier alpha value is -1.92. The minimum atomic E-state index is -0.303. The lowest BCUT2D eigenvalue weighted by molar-refractivity contribution is 0.0733. The molecule has 0 bridgehead atoms. The van der Waals surface area contributed by atoms with Crippen LogP contribution in [-0.2, 0) is 0 Å². The van der Waals surface area contributed by atoms with Gasteiger partial charge >= 0.3 is 0 Å². The van der Waals surface area contributed by atoms with Crippen molar-refractivity contribution in [1.29, 1.82) is 0 Å². The highest BCUT2D eigenvalue weighted by atomic mass is 35.5. The van der Waals surface area contributed by atoms with Gasteiger partial charge in [-0.15, -0.1) is 12.4 Å². The normalized spacial score (nSPS) is 14.8. The van der Waals surface area contributed by atoms with E-state index in [2.05, 4.69) is 10.3 Å². The fourth-order valence-electron chi connectivity index (χ4n) is 2.43. The third-order valence-electron chi connectivity index (χ3n) is 3.56. The first-order valence-electron chi connectivity index (χ1n) is 6.65. The molecule has 1 saturated heterocycles.